The summed E-state index contributed by atoms with van der Waals surface area (Å²) in [7, 11) is 0. The van der Waals surface area contributed by atoms with Crippen LogP contribution in [0.3, 0.4) is 0 Å². The fourth-order valence-electron chi connectivity index (χ4n) is 1.42. The van der Waals surface area contributed by atoms with E-state index in [0.717, 1.165) is 0 Å². The second kappa shape index (κ2) is 5.54. The molecule has 6 heteroatoms. The molecule has 0 spiro atoms. The molecule has 0 aromatic carbocycles. The number of hydrogen-bond donors (Lipinski definition) is 1. The standard InChI is InChI=1S/C10H17NO4S/c1-4-14-8(12)7-6-16-10(3,11-7)9(13)15-5-2/h7,11H,4-6H2,1-3H3/t7-,10-/m1/s1. The van der Waals surface area contributed by atoms with Crippen LogP contribution in [0.5, 0.6) is 0 Å². The number of thioether (sulfide) groups is 1. The summed E-state index contributed by atoms with van der Waals surface area (Å²) < 4.78 is 9.83. The van der Waals surface area contributed by atoms with Crippen molar-refractivity contribution in [3.8, 4) is 0 Å². The molecule has 1 rings (SSSR count). The van der Waals surface area contributed by atoms with Crippen LogP contribution in [0, 0.1) is 0 Å². The molecular weight excluding hydrogens is 230 g/mol. The first-order valence-electron chi connectivity index (χ1n) is 5.29. The second-order valence-corrected chi connectivity index (χ2v) is 4.95. The first-order chi connectivity index (χ1) is 7.53. The summed E-state index contributed by atoms with van der Waals surface area (Å²) in [4.78, 5) is 22.3. The first-order valence-corrected chi connectivity index (χ1v) is 6.27. The maximum absolute atomic E-state index is 11.6. The summed E-state index contributed by atoms with van der Waals surface area (Å²) in [5.74, 6) is -0.136. The average molecular weight is 247 g/mol. The lowest BCUT2D eigenvalue weighted by atomic mass is 10.2. The maximum atomic E-state index is 11.6. The van der Waals surface area contributed by atoms with Crippen molar-refractivity contribution < 1.29 is 19.1 Å². The van der Waals surface area contributed by atoms with Gasteiger partial charge in [-0.25, -0.2) is 4.79 Å². The highest BCUT2D eigenvalue weighted by Crippen LogP contribution is 2.31. The monoisotopic (exact) mass is 247 g/mol. The minimum atomic E-state index is -0.840. The molecule has 0 aliphatic carbocycles. The predicted molar refractivity (Wildman–Crippen MR) is 61.1 cm³/mol. The second-order valence-electron chi connectivity index (χ2n) is 3.51. The Morgan fingerprint density at radius 3 is 2.56 bits per heavy atom. The maximum Gasteiger partial charge on any atom is 0.336 e. The van der Waals surface area contributed by atoms with Gasteiger partial charge in [0.2, 0.25) is 0 Å². The molecule has 16 heavy (non-hydrogen) atoms. The summed E-state index contributed by atoms with van der Waals surface area (Å²) in [6.45, 7) is 5.90. The molecule has 2 atom stereocenters. The van der Waals surface area contributed by atoms with E-state index in [1.807, 2.05) is 0 Å². The number of carbonyl (C=O) groups is 2. The molecule has 0 unspecified atom stereocenters. The van der Waals surface area contributed by atoms with Crippen LogP contribution in [0.1, 0.15) is 20.8 Å². The van der Waals surface area contributed by atoms with E-state index in [-0.39, 0.29) is 11.9 Å². The van der Waals surface area contributed by atoms with E-state index >= 15 is 0 Å². The minimum Gasteiger partial charge on any atom is -0.465 e. The van der Waals surface area contributed by atoms with E-state index < -0.39 is 10.9 Å². The Morgan fingerprint density at radius 2 is 2.00 bits per heavy atom. The van der Waals surface area contributed by atoms with Crippen LogP contribution in [-0.4, -0.2) is 41.8 Å². The van der Waals surface area contributed by atoms with Crippen molar-refractivity contribution >= 4 is 23.7 Å². The van der Waals surface area contributed by atoms with Gasteiger partial charge in [0.15, 0.2) is 4.87 Å². The molecule has 0 aromatic rings. The Morgan fingerprint density at radius 1 is 1.38 bits per heavy atom. The summed E-state index contributed by atoms with van der Waals surface area (Å²) in [6, 6.07) is -0.431. The van der Waals surface area contributed by atoms with Gasteiger partial charge in [0.05, 0.1) is 13.2 Å². The van der Waals surface area contributed by atoms with Crippen LogP contribution in [0.15, 0.2) is 0 Å². The molecule has 1 saturated heterocycles. The Hall–Kier alpha value is -0.750. The molecule has 1 N–H and O–H groups in total. The molecule has 1 aliphatic rings. The smallest absolute Gasteiger partial charge is 0.336 e. The average Bonchev–Trinajstić information content (AvgIpc) is 2.63. The van der Waals surface area contributed by atoms with E-state index in [2.05, 4.69) is 5.32 Å². The molecule has 0 radical (unpaired) electrons. The largest absolute Gasteiger partial charge is 0.465 e. The number of carbonyl (C=O) groups excluding carboxylic acids is 2. The zero-order valence-electron chi connectivity index (χ0n) is 9.74. The minimum absolute atomic E-state index is 0.317. The van der Waals surface area contributed by atoms with Gasteiger partial charge < -0.3 is 9.47 Å². The molecule has 0 amide bonds. The molecule has 1 aliphatic heterocycles. The zero-order chi connectivity index (χ0) is 12.2. The summed E-state index contributed by atoms with van der Waals surface area (Å²) >= 11 is 1.37. The van der Waals surface area contributed by atoms with Crippen LogP contribution in [-0.2, 0) is 19.1 Å². The van der Waals surface area contributed by atoms with Gasteiger partial charge in [-0.1, -0.05) is 0 Å². The molecule has 1 heterocycles. The van der Waals surface area contributed by atoms with Gasteiger partial charge in [-0.2, -0.15) is 0 Å². The van der Waals surface area contributed by atoms with Crippen molar-refractivity contribution in [2.45, 2.75) is 31.7 Å². The lowest BCUT2D eigenvalue weighted by molar-refractivity contribution is -0.148. The summed E-state index contributed by atoms with van der Waals surface area (Å²) in [6.07, 6.45) is 0. The third kappa shape index (κ3) is 2.89. The highest BCUT2D eigenvalue weighted by atomic mass is 32.2. The van der Waals surface area contributed by atoms with Crippen LogP contribution in [0.25, 0.3) is 0 Å². The van der Waals surface area contributed by atoms with Gasteiger partial charge in [-0.15, -0.1) is 11.8 Å². The van der Waals surface area contributed by atoms with E-state index in [0.29, 0.717) is 19.0 Å². The normalized spacial score (nSPS) is 28.8. The summed E-state index contributed by atoms with van der Waals surface area (Å²) in [5.41, 5.74) is 0. The molecule has 0 aromatic heterocycles. The van der Waals surface area contributed by atoms with Crippen molar-refractivity contribution in [2.24, 2.45) is 0 Å². The van der Waals surface area contributed by atoms with E-state index in [4.69, 9.17) is 9.47 Å². The van der Waals surface area contributed by atoms with Gasteiger partial charge in [0, 0.05) is 5.75 Å². The van der Waals surface area contributed by atoms with Crippen LogP contribution < -0.4 is 5.32 Å². The number of ether oxygens (including phenoxy) is 2. The molecule has 92 valence electrons. The van der Waals surface area contributed by atoms with Gasteiger partial charge in [-0.3, -0.25) is 10.1 Å². The van der Waals surface area contributed by atoms with Crippen LogP contribution >= 0.6 is 11.8 Å². The van der Waals surface area contributed by atoms with Gasteiger partial charge in [0.1, 0.15) is 6.04 Å². The first kappa shape index (κ1) is 13.3. The van der Waals surface area contributed by atoms with Gasteiger partial charge >= 0.3 is 11.9 Å². The van der Waals surface area contributed by atoms with Crippen molar-refractivity contribution in [3.05, 3.63) is 0 Å². The quantitative estimate of drug-likeness (QED) is 0.731. The third-order valence-corrected chi connectivity index (χ3v) is 3.59. The Bertz CT molecular complexity index is 284. The Labute approximate surface area is 99.2 Å². The SMILES string of the molecule is CCOC(=O)[C@H]1CS[C@](C)(C(=O)OCC)N1. The lowest BCUT2D eigenvalue weighted by Crippen LogP contribution is -2.49. The van der Waals surface area contributed by atoms with E-state index in [1.165, 1.54) is 11.8 Å². The number of nitrogens with one attached hydrogen (secondary N) is 1. The number of esters is 2. The van der Waals surface area contributed by atoms with Crippen LogP contribution in [0.4, 0.5) is 0 Å². The van der Waals surface area contributed by atoms with Crippen molar-refractivity contribution in [1.29, 1.82) is 0 Å². The highest BCUT2D eigenvalue weighted by Gasteiger charge is 2.45. The Balaban J connectivity index is 2.56. The van der Waals surface area contributed by atoms with Crippen LogP contribution in [0.2, 0.25) is 0 Å². The molecular formula is C10H17NO4S. The topological polar surface area (TPSA) is 64.6 Å². The zero-order valence-corrected chi connectivity index (χ0v) is 10.6. The molecule has 0 bridgehead atoms. The predicted octanol–water partition coefficient (Wildman–Crippen LogP) is 0.534. The molecule has 5 nitrogen and oxygen atoms in total. The fraction of sp³-hybridized carbons (Fsp3) is 0.800. The fourth-order valence-corrected chi connectivity index (χ4v) is 2.54. The lowest BCUT2D eigenvalue weighted by Gasteiger charge is -2.21. The summed E-state index contributed by atoms with van der Waals surface area (Å²) in [5, 5.41) is 2.95. The van der Waals surface area contributed by atoms with Crippen molar-refractivity contribution in [2.75, 3.05) is 19.0 Å². The number of rotatable bonds is 4. The van der Waals surface area contributed by atoms with Crippen molar-refractivity contribution in [3.63, 3.8) is 0 Å². The van der Waals surface area contributed by atoms with Gasteiger partial charge in [-0.05, 0) is 20.8 Å². The van der Waals surface area contributed by atoms with Crippen molar-refractivity contribution in [1.82, 2.24) is 5.32 Å². The molecule has 0 saturated carbocycles. The molecule has 1 fully saturated rings. The van der Waals surface area contributed by atoms with Gasteiger partial charge in [0.25, 0.3) is 0 Å². The number of hydrogen-bond acceptors (Lipinski definition) is 6. The Kier molecular flexibility index (Phi) is 4.61. The third-order valence-electron chi connectivity index (χ3n) is 2.22. The van der Waals surface area contributed by atoms with E-state index in [9.17, 15) is 9.59 Å². The highest BCUT2D eigenvalue weighted by molar-refractivity contribution is 8.01. The van der Waals surface area contributed by atoms with E-state index in [1.54, 1.807) is 20.8 Å².